The van der Waals surface area contributed by atoms with Crippen molar-refractivity contribution in [3.63, 3.8) is 0 Å². The van der Waals surface area contributed by atoms with Crippen molar-refractivity contribution >= 4 is 23.1 Å². The summed E-state index contributed by atoms with van der Waals surface area (Å²) in [5.74, 6) is -1.20. The molecule has 0 spiro atoms. The molecule has 182 valence electrons. The van der Waals surface area contributed by atoms with Crippen LogP contribution >= 0.6 is 0 Å². The molecule has 1 aromatic heterocycles. The molecule has 2 aromatic carbocycles. The molecule has 35 heavy (non-hydrogen) atoms. The third kappa shape index (κ3) is 5.14. The van der Waals surface area contributed by atoms with Gasteiger partial charge in [-0.05, 0) is 17.7 Å². The zero-order valence-electron chi connectivity index (χ0n) is 18.9. The molecular formula is C24H24FN5O5. The first-order valence-corrected chi connectivity index (χ1v) is 10.8. The molecule has 11 heteroatoms. The van der Waals surface area contributed by atoms with Crippen LogP contribution in [0.1, 0.15) is 17.5 Å². The fourth-order valence-corrected chi connectivity index (χ4v) is 3.80. The van der Waals surface area contributed by atoms with E-state index in [4.69, 9.17) is 15.3 Å². The SMILES string of the molecule is COCCn1c(N)c(N(Cc2ccccc2)C(=O)C2CC(c3cccc(F)c3)=NO2)c(=O)[nH]c1=O. The molecule has 0 bridgehead atoms. The second kappa shape index (κ2) is 10.3. The van der Waals surface area contributed by atoms with Crippen molar-refractivity contribution in [2.75, 3.05) is 24.4 Å². The van der Waals surface area contributed by atoms with Gasteiger partial charge in [0.1, 0.15) is 11.6 Å². The maximum Gasteiger partial charge on any atom is 0.330 e. The Balaban J connectivity index is 1.70. The molecule has 0 saturated carbocycles. The number of hydrogen-bond donors (Lipinski definition) is 2. The standard InChI is InChI=1S/C24H24FN5O5/c1-34-11-10-29-21(26)20(22(31)27-24(29)33)30(14-15-6-3-2-4-7-15)23(32)19-13-18(28-35-19)16-8-5-9-17(25)12-16/h2-9,12,19H,10-11,13-14,26H2,1H3,(H,27,31,33). The predicted octanol–water partition coefficient (Wildman–Crippen LogP) is 1.63. The molecular weight excluding hydrogens is 457 g/mol. The number of hydrogen-bond acceptors (Lipinski definition) is 7. The van der Waals surface area contributed by atoms with Crippen molar-refractivity contribution in [3.8, 4) is 0 Å². The highest BCUT2D eigenvalue weighted by molar-refractivity contribution is 6.07. The van der Waals surface area contributed by atoms with Gasteiger partial charge in [-0.25, -0.2) is 9.18 Å². The summed E-state index contributed by atoms with van der Waals surface area (Å²) in [6, 6.07) is 14.8. The largest absolute Gasteiger partial charge is 0.383 e. The zero-order chi connectivity index (χ0) is 24.9. The van der Waals surface area contributed by atoms with Crippen LogP contribution in [0.2, 0.25) is 0 Å². The van der Waals surface area contributed by atoms with E-state index in [2.05, 4.69) is 10.1 Å². The summed E-state index contributed by atoms with van der Waals surface area (Å²) in [6.45, 7) is 0.231. The summed E-state index contributed by atoms with van der Waals surface area (Å²) in [7, 11) is 1.46. The summed E-state index contributed by atoms with van der Waals surface area (Å²) in [4.78, 5) is 47.7. The molecule has 4 rings (SSSR count). The highest BCUT2D eigenvalue weighted by atomic mass is 19.1. The Bertz CT molecular complexity index is 1370. The number of nitrogens with two attached hydrogens (primary N) is 1. The number of nitrogens with one attached hydrogen (secondary N) is 1. The number of carbonyl (C=O) groups excluding carboxylic acids is 1. The number of nitrogen functional groups attached to an aromatic ring is 1. The van der Waals surface area contributed by atoms with Crippen molar-refractivity contribution in [2.24, 2.45) is 5.16 Å². The van der Waals surface area contributed by atoms with E-state index in [1.807, 2.05) is 6.07 Å². The summed E-state index contributed by atoms with van der Waals surface area (Å²) in [5, 5.41) is 3.96. The predicted molar refractivity (Wildman–Crippen MR) is 128 cm³/mol. The van der Waals surface area contributed by atoms with Gasteiger partial charge in [0.2, 0.25) is 6.10 Å². The number of anilines is 2. The smallest absolute Gasteiger partial charge is 0.330 e. The normalized spacial score (nSPS) is 14.9. The lowest BCUT2D eigenvalue weighted by Crippen LogP contribution is -2.45. The number of amides is 1. The van der Waals surface area contributed by atoms with Crippen LogP contribution in [0.4, 0.5) is 15.9 Å². The highest BCUT2D eigenvalue weighted by Gasteiger charge is 2.35. The Hall–Kier alpha value is -4.25. The minimum atomic E-state index is -1.07. The zero-order valence-corrected chi connectivity index (χ0v) is 18.9. The van der Waals surface area contributed by atoms with Crippen LogP contribution in [0.5, 0.6) is 0 Å². The molecule has 3 N–H and O–H groups in total. The van der Waals surface area contributed by atoms with Crippen LogP contribution in [0, 0.1) is 5.82 Å². The molecule has 1 unspecified atom stereocenters. The van der Waals surface area contributed by atoms with Crippen LogP contribution in [0.15, 0.2) is 69.3 Å². The van der Waals surface area contributed by atoms with Crippen molar-refractivity contribution in [1.82, 2.24) is 9.55 Å². The fourth-order valence-electron chi connectivity index (χ4n) is 3.80. The Morgan fingerprint density at radius 2 is 2.03 bits per heavy atom. The molecule has 1 aliphatic rings. The average Bonchev–Trinajstić information content (AvgIpc) is 3.34. The first kappa shape index (κ1) is 23.9. The molecule has 3 aromatic rings. The number of aromatic nitrogens is 2. The van der Waals surface area contributed by atoms with Crippen LogP contribution in [0.3, 0.4) is 0 Å². The molecule has 0 fully saturated rings. The lowest BCUT2D eigenvalue weighted by atomic mass is 10.0. The van der Waals surface area contributed by atoms with Gasteiger partial charge < -0.3 is 15.3 Å². The van der Waals surface area contributed by atoms with Gasteiger partial charge in [0.25, 0.3) is 11.5 Å². The summed E-state index contributed by atoms with van der Waals surface area (Å²) >= 11 is 0. The van der Waals surface area contributed by atoms with Gasteiger partial charge in [0, 0.05) is 19.1 Å². The van der Waals surface area contributed by atoms with Crippen molar-refractivity contribution in [2.45, 2.75) is 25.6 Å². The Morgan fingerprint density at radius 3 is 2.74 bits per heavy atom. The third-order valence-electron chi connectivity index (χ3n) is 5.55. The van der Waals surface area contributed by atoms with Crippen LogP contribution in [-0.2, 0) is 27.5 Å². The van der Waals surface area contributed by atoms with E-state index < -0.39 is 29.1 Å². The van der Waals surface area contributed by atoms with Crippen LogP contribution in [0.25, 0.3) is 0 Å². The van der Waals surface area contributed by atoms with E-state index >= 15 is 0 Å². The van der Waals surface area contributed by atoms with E-state index in [0.29, 0.717) is 11.3 Å². The molecule has 0 aliphatic carbocycles. The van der Waals surface area contributed by atoms with E-state index in [0.717, 1.165) is 10.1 Å². The number of carbonyl (C=O) groups is 1. The topological polar surface area (TPSA) is 132 Å². The van der Waals surface area contributed by atoms with Gasteiger partial charge >= 0.3 is 5.69 Å². The monoisotopic (exact) mass is 481 g/mol. The molecule has 2 heterocycles. The van der Waals surface area contributed by atoms with E-state index in [9.17, 15) is 18.8 Å². The number of halogens is 1. The van der Waals surface area contributed by atoms with Gasteiger partial charge in [-0.3, -0.25) is 24.0 Å². The Kier molecular flexibility index (Phi) is 7.06. The average molecular weight is 481 g/mol. The number of oxime groups is 1. The van der Waals surface area contributed by atoms with E-state index in [1.54, 1.807) is 30.3 Å². The molecule has 1 aliphatic heterocycles. The van der Waals surface area contributed by atoms with Crippen LogP contribution < -0.4 is 21.9 Å². The van der Waals surface area contributed by atoms with Crippen molar-refractivity contribution in [3.05, 3.63) is 92.4 Å². The number of methoxy groups -OCH3 is 1. The molecule has 1 amide bonds. The minimum absolute atomic E-state index is 0.00933. The fraction of sp³-hybridized carbons (Fsp3) is 0.250. The van der Waals surface area contributed by atoms with Gasteiger partial charge in [-0.15, -0.1) is 0 Å². The van der Waals surface area contributed by atoms with Gasteiger partial charge in [0.15, 0.2) is 5.69 Å². The number of H-pyrrole nitrogens is 1. The molecule has 1 atom stereocenters. The Labute approximate surface area is 199 Å². The lowest BCUT2D eigenvalue weighted by Gasteiger charge is -2.26. The lowest BCUT2D eigenvalue weighted by molar-refractivity contribution is -0.128. The van der Waals surface area contributed by atoms with E-state index in [-0.39, 0.29) is 37.6 Å². The molecule has 0 saturated heterocycles. The Morgan fingerprint density at radius 1 is 1.26 bits per heavy atom. The molecule has 10 nitrogen and oxygen atoms in total. The number of nitrogens with zero attached hydrogens (tertiary/aromatic N) is 3. The minimum Gasteiger partial charge on any atom is -0.383 e. The van der Waals surface area contributed by atoms with Crippen molar-refractivity contribution in [1.29, 1.82) is 0 Å². The maximum atomic E-state index is 13.7. The summed E-state index contributed by atoms with van der Waals surface area (Å²) < 4.78 is 19.8. The van der Waals surface area contributed by atoms with Crippen molar-refractivity contribution < 1.29 is 18.8 Å². The first-order chi connectivity index (χ1) is 16.9. The number of ether oxygens (including phenoxy) is 1. The first-order valence-electron chi connectivity index (χ1n) is 10.8. The summed E-state index contributed by atoms with van der Waals surface area (Å²) in [5.41, 5.74) is 6.13. The van der Waals surface area contributed by atoms with Gasteiger partial charge in [-0.1, -0.05) is 47.6 Å². The maximum absolute atomic E-state index is 13.7. The third-order valence-corrected chi connectivity index (χ3v) is 5.55. The number of rotatable bonds is 8. The highest BCUT2D eigenvalue weighted by Crippen LogP contribution is 2.25. The number of benzene rings is 2. The second-order valence-corrected chi connectivity index (χ2v) is 7.89. The van der Waals surface area contributed by atoms with Crippen LogP contribution in [-0.4, -0.2) is 41.0 Å². The second-order valence-electron chi connectivity index (χ2n) is 7.89. The van der Waals surface area contributed by atoms with E-state index in [1.165, 1.54) is 30.2 Å². The molecule has 0 radical (unpaired) electrons. The summed E-state index contributed by atoms with van der Waals surface area (Å²) in [6.07, 6.45) is -1.01. The number of aromatic amines is 1. The van der Waals surface area contributed by atoms with Gasteiger partial charge in [0.05, 0.1) is 25.4 Å². The van der Waals surface area contributed by atoms with Gasteiger partial charge in [-0.2, -0.15) is 0 Å². The quantitative estimate of drug-likeness (QED) is 0.503.